The minimum atomic E-state index is 0.0242. The highest BCUT2D eigenvalue weighted by molar-refractivity contribution is 5.99. The van der Waals surface area contributed by atoms with Gasteiger partial charge in [-0.25, -0.2) is 0 Å². The van der Waals surface area contributed by atoms with E-state index < -0.39 is 0 Å². The van der Waals surface area contributed by atoms with Crippen molar-refractivity contribution in [3.8, 4) is 0 Å². The summed E-state index contributed by atoms with van der Waals surface area (Å²) in [5.41, 5.74) is 6.77. The minimum Gasteiger partial charge on any atom is -0.397 e. The van der Waals surface area contributed by atoms with Crippen LogP contribution in [0.5, 0.6) is 0 Å². The van der Waals surface area contributed by atoms with Gasteiger partial charge < -0.3 is 10.6 Å². The van der Waals surface area contributed by atoms with Crippen molar-refractivity contribution in [1.82, 2.24) is 9.88 Å². The smallest absolute Gasteiger partial charge is 0.256 e. The second kappa shape index (κ2) is 4.12. The van der Waals surface area contributed by atoms with Crippen LogP contribution in [-0.2, 0) is 0 Å². The van der Waals surface area contributed by atoms with Crippen LogP contribution in [0.1, 0.15) is 24.2 Å². The van der Waals surface area contributed by atoms with Gasteiger partial charge in [0.05, 0.1) is 17.4 Å². The van der Waals surface area contributed by atoms with Crippen molar-refractivity contribution in [3.05, 3.63) is 24.0 Å². The molecule has 1 aliphatic heterocycles. The number of carbonyl (C=O) groups is 1. The number of rotatable bonds is 1. The molecule has 16 heavy (non-hydrogen) atoms. The van der Waals surface area contributed by atoms with Crippen LogP contribution in [0.4, 0.5) is 5.69 Å². The van der Waals surface area contributed by atoms with Gasteiger partial charge in [0.15, 0.2) is 0 Å². The Morgan fingerprint density at radius 3 is 2.62 bits per heavy atom. The molecule has 0 saturated carbocycles. The van der Waals surface area contributed by atoms with E-state index in [1.165, 1.54) is 6.20 Å². The molecule has 4 nitrogen and oxygen atoms in total. The first-order chi connectivity index (χ1) is 7.59. The molecule has 0 aromatic carbocycles. The fourth-order valence-corrected chi connectivity index (χ4v) is 2.07. The zero-order chi connectivity index (χ0) is 11.7. The van der Waals surface area contributed by atoms with E-state index in [0.717, 1.165) is 13.1 Å². The average Bonchev–Trinajstić information content (AvgIpc) is 2.59. The number of pyridine rings is 1. The molecule has 0 radical (unpaired) electrons. The highest BCUT2D eigenvalue weighted by Crippen LogP contribution is 2.24. The topological polar surface area (TPSA) is 59.2 Å². The zero-order valence-electron chi connectivity index (χ0n) is 9.68. The Balaban J connectivity index is 2.18. The molecule has 2 unspecified atom stereocenters. The first kappa shape index (κ1) is 10.9. The van der Waals surface area contributed by atoms with Gasteiger partial charge in [-0.15, -0.1) is 0 Å². The number of aromatic nitrogens is 1. The Bertz CT molecular complexity index is 395. The molecule has 1 aromatic heterocycles. The molecule has 4 heteroatoms. The lowest BCUT2D eigenvalue weighted by Crippen LogP contribution is -2.29. The summed E-state index contributed by atoms with van der Waals surface area (Å²) in [6.45, 7) is 5.99. The van der Waals surface area contributed by atoms with Gasteiger partial charge in [-0.3, -0.25) is 9.78 Å². The molecule has 0 spiro atoms. The summed E-state index contributed by atoms with van der Waals surface area (Å²) in [5, 5.41) is 0. The summed E-state index contributed by atoms with van der Waals surface area (Å²) in [7, 11) is 0. The molecule has 0 aliphatic carbocycles. The van der Waals surface area contributed by atoms with Crippen LogP contribution in [0.2, 0.25) is 0 Å². The number of amides is 1. The van der Waals surface area contributed by atoms with Gasteiger partial charge in [0.25, 0.3) is 5.91 Å². The molecule has 0 bridgehead atoms. The first-order valence-electron chi connectivity index (χ1n) is 5.58. The van der Waals surface area contributed by atoms with E-state index in [2.05, 4.69) is 18.8 Å². The van der Waals surface area contributed by atoms with Gasteiger partial charge in [0, 0.05) is 19.3 Å². The van der Waals surface area contributed by atoms with Crippen molar-refractivity contribution in [1.29, 1.82) is 0 Å². The van der Waals surface area contributed by atoms with Gasteiger partial charge in [0.1, 0.15) is 0 Å². The Morgan fingerprint density at radius 2 is 2.06 bits per heavy atom. The van der Waals surface area contributed by atoms with E-state index in [9.17, 15) is 4.79 Å². The summed E-state index contributed by atoms with van der Waals surface area (Å²) in [4.78, 5) is 17.9. The average molecular weight is 219 g/mol. The quantitative estimate of drug-likeness (QED) is 0.776. The van der Waals surface area contributed by atoms with Gasteiger partial charge in [-0.2, -0.15) is 0 Å². The van der Waals surface area contributed by atoms with Crippen LogP contribution >= 0.6 is 0 Å². The molecule has 2 rings (SSSR count). The molecule has 2 atom stereocenters. The third-order valence-corrected chi connectivity index (χ3v) is 3.36. The summed E-state index contributed by atoms with van der Waals surface area (Å²) < 4.78 is 0. The Kier molecular flexibility index (Phi) is 2.81. The van der Waals surface area contributed by atoms with E-state index in [1.807, 2.05) is 4.90 Å². The molecule has 1 aliphatic rings. The van der Waals surface area contributed by atoms with Crippen LogP contribution in [0, 0.1) is 11.8 Å². The SMILES string of the molecule is CC1CN(C(=O)c2ccncc2N)CC1C. The predicted octanol–water partition coefficient (Wildman–Crippen LogP) is 1.39. The number of nitrogens with two attached hydrogens (primary N) is 1. The second-order valence-electron chi connectivity index (χ2n) is 4.63. The zero-order valence-corrected chi connectivity index (χ0v) is 9.68. The second-order valence-corrected chi connectivity index (χ2v) is 4.63. The van der Waals surface area contributed by atoms with E-state index in [0.29, 0.717) is 23.1 Å². The number of carbonyl (C=O) groups excluding carboxylic acids is 1. The number of anilines is 1. The third-order valence-electron chi connectivity index (χ3n) is 3.36. The maximum atomic E-state index is 12.2. The number of nitrogens with zero attached hydrogens (tertiary/aromatic N) is 2. The maximum Gasteiger partial charge on any atom is 0.256 e. The summed E-state index contributed by atoms with van der Waals surface area (Å²) >= 11 is 0. The molecule has 1 saturated heterocycles. The summed E-state index contributed by atoms with van der Waals surface area (Å²) in [5.74, 6) is 1.15. The number of hydrogen-bond donors (Lipinski definition) is 1. The summed E-state index contributed by atoms with van der Waals surface area (Å²) in [6.07, 6.45) is 3.13. The summed E-state index contributed by atoms with van der Waals surface area (Å²) in [6, 6.07) is 1.69. The molecule has 1 aromatic rings. The highest BCUT2D eigenvalue weighted by Gasteiger charge is 2.30. The molecular formula is C12H17N3O. The monoisotopic (exact) mass is 219 g/mol. The minimum absolute atomic E-state index is 0.0242. The highest BCUT2D eigenvalue weighted by atomic mass is 16.2. The van der Waals surface area contributed by atoms with Crippen molar-refractivity contribution in [2.45, 2.75) is 13.8 Å². The Labute approximate surface area is 95.5 Å². The first-order valence-corrected chi connectivity index (χ1v) is 5.58. The molecule has 1 fully saturated rings. The largest absolute Gasteiger partial charge is 0.397 e. The van der Waals surface area contributed by atoms with Crippen molar-refractivity contribution >= 4 is 11.6 Å². The van der Waals surface area contributed by atoms with E-state index in [1.54, 1.807) is 12.3 Å². The van der Waals surface area contributed by atoms with Crippen molar-refractivity contribution in [2.75, 3.05) is 18.8 Å². The van der Waals surface area contributed by atoms with Gasteiger partial charge in [-0.1, -0.05) is 13.8 Å². The van der Waals surface area contributed by atoms with Crippen LogP contribution in [-0.4, -0.2) is 28.9 Å². The van der Waals surface area contributed by atoms with Crippen LogP contribution in [0.25, 0.3) is 0 Å². The molecule has 1 amide bonds. The van der Waals surface area contributed by atoms with Gasteiger partial charge in [-0.05, 0) is 17.9 Å². The van der Waals surface area contributed by atoms with E-state index in [4.69, 9.17) is 5.73 Å². The lowest BCUT2D eigenvalue weighted by Gasteiger charge is -2.16. The molecule has 2 N–H and O–H groups in total. The lowest BCUT2D eigenvalue weighted by molar-refractivity contribution is 0.0786. The van der Waals surface area contributed by atoms with Crippen LogP contribution in [0.15, 0.2) is 18.5 Å². The van der Waals surface area contributed by atoms with Crippen molar-refractivity contribution in [3.63, 3.8) is 0 Å². The van der Waals surface area contributed by atoms with Gasteiger partial charge in [0.2, 0.25) is 0 Å². The number of nitrogen functional groups attached to an aromatic ring is 1. The number of likely N-dealkylation sites (tertiary alicyclic amines) is 1. The van der Waals surface area contributed by atoms with Crippen molar-refractivity contribution in [2.24, 2.45) is 11.8 Å². The molecule has 86 valence electrons. The maximum absolute atomic E-state index is 12.2. The van der Waals surface area contributed by atoms with Gasteiger partial charge >= 0.3 is 0 Å². The normalized spacial score (nSPS) is 24.8. The standard InChI is InChI=1S/C12H17N3O/c1-8-6-15(7-9(8)2)12(16)10-3-4-14-5-11(10)13/h3-5,8-9H,6-7,13H2,1-2H3. The van der Waals surface area contributed by atoms with Crippen LogP contribution in [0.3, 0.4) is 0 Å². The van der Waals surface area contributed by atoms with Crippen LogP contribution < -0.4 is 5.73 Å². The Hall–Kier alpha value is -1.58. The molecule has 2 heterocycles. The Morgan fingerprint density at radius 1 is 1.44 bits per heavy atom. The lowest BCUT2D eigenvalue weighted by atomic mass is 10.0. The van der Waals surface area contributed by atoms with E-state index in [-0.39, 0.29) is 5.91 Å². The number of hydrogen-bond acceptors (Lipinski definition) is 3. The van der Waals surface area contributed by atoms with Crippen molar-refractivity contribution < 1.29 is 4.79 Å². The predicted molar refractivity (Wildman–Crippen MR) is 62.9 cm³/mol. The fraction of sp³-hybridized carbons (Fsp3) is 0.500. The van der Waals surface area contributed by atoms with E-state index >= 15 is 0 Å². The fourth-order valence-electron chi connectivity index (χ4n) is 2.07. The molecular weight excluding hydrogens is 202 g/mol. The third kappa shape index (κ3) is 1.87.